The number of piperidine rings is 1. The van der Waals surface area contributed by atoms with Gasteiger partial charge in [0.05, 0.1) is 21.4 Å². The highest BCUT2D eigenvalue weighted by atomic mass is 35.5. The number of halogens is 2. The predicted molar refractivity (Wildman–Crippen MR) is 159 cm³/mol. The van der Waals surface area contributed by atoms with Crippen molar-refractivity contribution in [1.82, 2.24) is 19.9 Å². The molecule has 3 heterocycles. The summed E-state index contributed by atoms with van der Waals surface area (Å²) in [7, 11) is 2.15. The summed E-state index contributed by atoms with van der Waals surface area (Å²) in [6.45, 7) is 2.07. The Labute approximate surface area is 237 Å². The second-order valence-corrected chi connectivity index (χ2v) is 10.7. The summed E-state index contributed by atoms with van der Waals surface area (Å²) >= 11 is 8.36. The molecule has 0 atom stereocenters. The first-order chi connectivity index (χ1) is 18.1. The molecule has 1 fully saturated rings. The maximum Gasteiger partial charge on any atom is 0.145 e. The Morgan fingerprint density at radius 2 is 1.76 bits per heavy atom. The van der Waals surface area contributed by atoms with Crippen LogP contribution in [0.4, 0.5) is 11.5 Å². The minimum atomic E-state index is 0. The van der Waals surface area contributed by atoms with Crippen LogP contribution in [-0.4, -0.2) is 46.1 Å². The van der Waals surface area contributed by atoms with Crippen LogP contribution in [-0.2, 0) is 0 Å². The molecule has 38 heavy (non-hydrogen) atoms. The molecule has 2 aromatic heterocycles. The molecule has 0 radical (unpaired) electrons. The zero-order chi connectivity index (χ0) is 25.2. The van der Waals surface area contributed by atoms with Gasteiger partial charge < -0.3 is 15.0 Å². The Bertz CT molecular complexity index is 1570. The fourth-order valence-corrected chi connectivity index (χ4v) is 5.87. The maximum absolute atomic E-state index is 6.74. The second-order valence-electron chi connectivity index (χ2n) is 9.20. The largest absolute Gasteiger partial charge is 0.489 e. The molecule has 1 aliphatic heterocycles. The van der Waals surface area contributed by atoms with Crippen molar-refractivity contribution in [3.8, 4) is 5.75 Å². The first kappa shape index (κ1) is 26.5. The fourth-order valence-electron chi connectivity index (χ4n) is 4.63. The molecule has 0 aliphatic carbocycles. The van der Waals surface area contributed by atoms with Gasteiger partial charge in [-0.05, 0) is 62.4 Å². The normalized spacial score (nSPS) is 14.4. The van der Waals surface area contributed by atoms with Crippen molar-refractivity contribution in [2.75, 3.05) is 25.5 Å². The lowest BCUT2D eigenvalue weighted by Crippen LogP contribution is -2.35. The van der Waals surface area contributed by atoms with E-state index in [1.165, 1.54) is 0 Å². The van der Waals surface area contributed by atoms with E-state index in [2.05, 4.69) is 50.4 Å². The van der Waals surface area contributed by atoms with E-state index in [-0.39, 0.29) is 18.5 Å². The molecule has 9 heteroatoms. The van der Waals surface area contributed by atoms with Gasteiger partial charge in [-0.2, -0.15) is 0 Å². The van der Waals surface area contributed by atoms with Gasteiger partial charge in [0.15, 0.2) is 0 Å². The third kappa shape index (κ3) is 5.66. The molecular weight excluding hydrogens is 537 g/mol. The van der Waals surface area contributed by atoms with Crippen LogP contribution in [0.15, 0.2) is 89.0 Å². The first-order valence-electron chi connectivity index (χ1n) is 12.3. The number of para-hydroxylation sites is 1. The number of ether oxygens (including phenoxy) is 1. The summed E-state index contributed by atoms with van der Waals surface area (Å²) in [6.07, 6.45) is 5.58. The highest BCUT2D eigenvalue weighted by Crippen LogP contribution is 2.39. The second kappa shape index (κ2) is 11.7. The number of hydrogen-bond acceptors (Lipinski definition) is 7. The van der Waals surface area contributed by atoms with Gasteiger partial charge in [0.25, 0.3) is 0 Å². The number of pyridine rings is 1. The van der Waals surface area contributed by atoms with Gasteiger partial charge in [-0.1, -0.05) is 47.6 Å². The summed E-state index contributed by atoms with van der Waals surface area (Å²) in [5.74, 6) is 1.50. The minimum absolute atomic E-state index is 0. The van der Waals surface area contributed by atoms with Crippen LogP contribution in [0.1, 0.15) is 12.8 Å². The number of fused-ring (bicyclic) bond motifs is 2. The molecule has 1 saturated heterocycles. The maximum atomic E-state index is 6.74. The number of nitrogens with one attached hydrogen (secondary N) is 1. The van der Waals surface area contributed by atoms with Crippen molar-refractivity contribution >= 4 is 69.1 Å². The highest BCUT2D eigenvalue weighted by molar-refractivity contribution is 7.99. The van der Waals surface area contributed by atoms with Crippen molar-refractivity contribution < 1.29 is 4.74 Å². The average Bonchev–Trinajstić information content (AvgIpc) is 2.92. The fraction of sp³-hybridized carbons (Fsp3) is 0.207. The van der Waals surface area contributed by atoms with Gasteiger partial charge >= 0.3 is 0 Å². The molecule has 1 aliphatic rings. The molecule has 0 saturated carbocycles. The standard InChI is InChI=1S/C29H26ClN5OS.ClH/c1-35-15-12-21(13-16-35)36-24-8-3-7-23-27(24)29(33-18-32-23)34-20-10-11-25(22(30)17-20)37-26-9-2-5-19-6-4-14-31-28(19)26;/h2-11,14,17-18,21H,12-13,15-16H2,1H3,(H,32,33,34);1H. The van der Waals surface area contributed by atoms with Crippen molar-refractivity contribution in [2.24, 2.45) is 0 Å². The summed E-state index contributed by atoms with van der Waals surface area (Å²) in [5, 5.41) is 6.09. The zero-order valence-corrected chi connectivity index (χ0v) is 23.2. The van der Waals surface area contributed by atoms with Gasteiger partial charge in [-0.15, -0.1) is 12.4 Å². The van der Waals surface area contributed by atoms with E-state index >= 15 is 0 Å². The van der Waals surface area contributed by atoms with E-state index in [1.54, 1.807) is 18.1 Å². The van der Waals surface area contributed by atoms with Crippen LogP contribution in [0, 0.1) is 0 Å². The predicted octanol–water partition coefficient (Wildman–Crippen LogP) is 7.62. The van der Waals surface area contributed by atoms with E-state index in [9.17, 15) is 0 Å². The molecule has 0 spiro atoms. The topological polar surface area (TPSA) is 63.2 Å². The molecule has 0 unspecified atom stereocenters. The molecule has 0 bridgehead atoms. The number of rotatable bonds is 6. The SMILES string of the molecule is CN1CCC(Oc2cccc3ncnc(Nc4ccc(Sc5cccc6cccnc56)c(Cl)c4)c23)CC1.Cl. The molecule has 194 valence electrons. The van der Waals surface area contributed by atoms with Crippen LogP contribution in [0.3, 0.4) is 0 Å². The third-order valence-corrected chi connectivity index (χ3v) is 8.14. The Morgan fingerprint density at radius 1 is 0.947 bits per heavy atom. The van der Waals surface area contributed by atoms with E-state index in [1.807, 2.05) is 54.7 Å². The van der Waals surface area contributed by atoms with Crippen LogP contribution >= 0.6 is 35.8 Å². The van der Waals surface area contributed by atoms with Gasteiger partial charge in [0, 0.05) is 40.2 Å². The minimum Gasteiger partial charge on any atom is -0.489 e. The van der Waals surface area contributed by atoms with Crippen molar-refractivity contribution in [2.45, 2.75) is 28.7 Å². The van der Waals surface area contributed by atoms with Gasteiger partial charge in [0.2, 0.25) is 0 Å². The molecule has 0 amide bonds. The van der Waals surface area contributed by atoms with Crippen molar-refractivity contribution in [3.63, 3.8) is 0 Å². The highest BCUT2D eigenvalue weighted by Gasteiger charge is 2.20. The van der Waals surface area contributed by atoms with Crippen LogP contribution < -0.4 is 10.1 Å². The first-order valence-corrected chi connectivity index (χ1v) is 13.5. The summed E-state index contributed by atoms with van der Waals surface area (Å²) in [6, 6.07) is 22.1. The summed E-state index contributed by atoms with van der Waals surface area (Å²) < 4.78 is 6.46. The monoisotopic (exact) mass is 563 g/mol. The average molecular weight is 565 g/mol. The molecular formula is C29H27Cl2N5OS. The number of likely N-dealkylation sites (tertiary alicyclic amines) is 1. The van der Waals surface area contributed by atoms with Gasteiger partial charge in [0.1, 0.15) is 24.0 Å². The number of hydrogen-bond donors (Lipinski definition) is 1. The van der Waals surface area contributed by atoms with Crippen molar-refractivity contribution in [3.05, 3.63) is 84.3 Å². The van der Waals surface area contributed by atoms with Gasteiger partial charge in [-0.3, -0.25) is 4.98 Å². The van der Waals surface area contributed by atoms with Crippen LogP contribution in [0.5, 0.6) is 5.75 Å². The molecule has 6 nitrogen and oxygen atoms in total. The third-order valence-electron chi connectivity index (χ3n) is 6.59. The van der Waals surface area contributed by atoms with E-state index in [0.717, 1.165) is 69.0 Å². The summed E-state index contributed by atoms with van der Waals surface area (Å²) in [5.41, 5.74) is 2.65. The van der Waals surface area contributed by atoms with Crippen LogP contribution in [0.2, 0.25) is 5.02 Å². The summed E-state index contributed by atoms with van der Waals surface area (Å²) in [4.78, 5) is 18.0. The number of benzene rings is 3. The Morgan fingerprint density at radius 3 is 2.61 bits per heavy atom. The Kier molecular flexibility index (Phi) is 8.19. The smallest absolute Gasteiger partial charge is 0.145 e. The Balaban J connectivity index is 0.00000294. The van der Waals surface area contributed by atoms with E-state index in [0.29, 0.717) is 10.8 Å². The van der Waals surface area contributed by atoms with Crippen LogP contribution in [0.25, 0.3) is 21.8 Å². The lowest BCUT2D eigenvalue weighted by molar-refractivity contribution is 0.116. The molecule has 5 aromatic rings. The van der Waals surface area contributed by atoms with E-state index in [4.69, 9.17) is 16.3 Å². The zero-order valence-electron chi connectivity index (χ0n) is 20.8. The number of nitrogens with zero attached hydrogens (tertiary/aromatic N) is 4. The Hall–Kier alpha value is -3.10. The molecule has 6 rings (SSSR count). The molecule has 1 N–H and O–H groups in total. The lowest BCUT2D eigenvalue weighted by Gasteiger charge is -2.29. The quantitative estimate of drug-likeness (QED) is 0.228. The van der Waals surface area contributed by atoms with Gasteiger partial charge in [-0.25, -0.2) is 9.97 Å². The molecule has 3 aromatic carbocycles. The van der Waals surface area contributed by atoms with E-state index < -0.39 is 0 Å². The lowest BCUT2D eigenvalue weighted by atomic mass is 10.1. The van der Waals surface area contributed by atoms with Crippen molar-refractivity contribution in [1.29, 1.82) is 0 Å². The number of anilines is 2. The number of aromatic nitrogens is 3.